The van der Waals surface area contributed by atoms with Crippen molar-refractivity contribution >= 4 is 27.8 Å². The van der Waals surface area contributed by atoms with E-state index in [9.17, 15) is 0 Å². The van der Waals surface area contributed by atoms with Crippen molar-refractivity contribution in [3.63, 3.8) is 0 Å². The molecule has 0 spiro atoms. The number of aromatic nitrogens is 4. The Morgan fingerprint density at radius 2 is 2.20 bits per heavy atom. The van der Waals surface area contributed by atoms with Crippen LogP contribution in [-0.4, -0.2) is 71.4 Å². The summed E-state index contributed by atoms with van der Waals surface area (Å²) in [6.45, 7) is 3.97. The number of nitrogens with one attached hydrogen (secondary N) is 2. The van der Waals surface area contributed by atoms with Gasteiger partial charge in [-0.2, -0.15) is 10.1 Å². The Morgan fingerprint density at radius 3 is 2.84 bits per heavy atom. The maximum absolute atomic E-state index is 5.25. The smallest absolute Gasteiger partial charge is 0.232 e. The van der Waals surface area contributed by atoms with Crippen LogP contribution in [0, 0.1) is 0 Å². The second-order valence-corrected chi connectivity index (χ2v) is 6.34. The number of rotatable bonds is 4. The highest BCUT2D eigenvalue weighted by atomic mass is 79.9. The van der Waals surface area contributed by atoms with E-state index in [1.807, 2.05) is 6.07 Å². The number of nitrogens with zero attached hydrogens (tertiary/aromatic N) is 6. The fourth-order valence-corrected chi connectivity index (χ4v) is 3.00. The summed E-state index contributed by atoms with van der Waals surface area (Å²) in [6.07, 6.45) is 3.46. The van der Waals surface area contributed by atoms with Gasteiger partial charge in [-0.25, -0.2) is 4.98 Å². The Kier molecular flexibility index (Phi) is 5.69. The van der Waals surface area contributed by atoms with Crippen LogP contribution in [0.5, 0.6) is 5.88 Å². The molecular weight excluding hydrogens is 388 g/mol. The molecule has 1 aliphatic rings. The molecule has 0 amide bonds. The van der Waals surface area contributed by atoms with Gasteiger partial charge in [0.2, 0.25) is 11.8 Å². The topological polar surface area (TPSA) is 94.6 Å². The molecule has 0 atom stereocenters. The lowest BCUT2D eigenvalue weighted by atomic mass is 10.3. The van der Waals surface area contributed by atoms with Gasteiger partial charge in [-0.05, 0) is 22.0 Å². The van der Waals surface area contributed by atoms with E-state index in [-0.39, 0.29) is 0 Å². The molecule has 1 aliphatic heterocycles. The van der Waals surface area contributed by atoms with Gasteiger partial charge in [-0.15, -0.1) is 0 Å². The summed E-state index contributed by atoms with van der Waals surface area (Å²) >= 11 is 3.38. The van der Waals surface area contributed by atoms with Crippen LogP contribution in [0.25, 0.3) is 0 Å². The third-order valence-corrected chi connectivity index (χ3v) is 4.51. The number of ether oxygens (including phenoxy) is 1. The molecule has 0 aromatic carbocycles. The molecule has 0 bridgehead atoms. The largest absolute Gasteiger partial charge is 0.480 e. The van der Waals surface area contributed by atoms with Crippen molar-refractivity contribution in [1.29, 1.82) is 0 Å². The molecule has 0 aliphatic carbocycles. The van der Waals surface area contributed by atoms with E-state index in [1.54, 1.807) is 26.6 Å². The molecule has 0 radical (unpaired) electrons. The Morgan fingerprint density at radius 1 is 1.40 bits per heavy atom. The number of hydrogen-bond acceptors (Lipinski definition) is 6. The molecule has 2 N–H and O–H groups in total. The van der Waals surface area contributed by atoms with Crippen LogP contribution in [-0.2, 0) is 6.54 Å². The Labute approximate surface area is 154 Å². The van der Waals surface area contributed by atoms with Crippen molar-refractivity contribution in [2.45, 2.75) is 6.54 Å². The number of aromatic amines is 1. The van der Waals surface area contributed by atoms with E-state index >= 15 is 0 Å². The molecular formula is C15H21BrN8O. The summed E-state index contributed by atoms with van der Waals surface area (Å²) in [5.41, 5.74) is 1.02. The predicted octanol–water partition coefficient (Wildman–Crippen LogP) is 0.868. The molecule has 0 saturated carbocycles. The molecule has 25 heavy (non-hydrogen) atoms. The first-order chi connectivity index (χ1) is 12.2. The van der Waals surface area contributed by atoms with Crippen LogP contribution in [0.2, 0.25) is 0 Å². The van der Waals surface area contributed by atoms with Crippen LogP contribution in [0.15, 0.2) is 27.9 Å². The Bertz CT molecular complexity index is 712. The molecule has 1 saturated heterocycles. The van der Waals surface area contributed by atoms with Crippen LogP contribution in [0.4, 0.5) is 5.95 Å². The van der Waals surface area contributed by atoms with Gasteiger partial charge < -0.3 is 19.9 Å². The van der Waals surface area contributed by atoms with E-state index in [2.05, 4.69) is 56.2 Å². The van der Waals surface area contributed by atoms with E-state index in [4.69, 9.17) is 4.74 Å². The normalized spacial score (nSPS) is 15.4. The lowest BCUT2D eigenvalue weighted by molar-refractivity contribution is 0.366. The summed E-state index contributed by atoms with van der Waals surface area (Å²) in [5, 5.41) is 10.2. The van der Waals surface area contributed by atoms with Crippen molar-refractivity contribution in [1.82, 2.24) is 30.4 Å². The highest BCUT2D eigenvalue weighted by Crippen LogP contribution is 2.23. The monoisotopic (exact) mass is 408 g/mol. The zero-order chi connectivity index (χ0) is 17.6. The van der Waals surface area contributed by atoms with Crippen LogP contribution < -0.4 is 15.0 Å². The van der Waals surface area contributed by atoms with Gasteiger partial charge in [-0.1, -0.05) is 0 Å². The summed E-state index contributed by atoms with van der Waals surface area (Å²) in [7, 11) is 3.40. The number of hydrogen-bond donors (Lipinski definition) is 2. The van der Waals surface area contributed by atoms with Crippen LogP contribution >= 0.6 is 15.9 Å². The SMILES string of the molecule is CN=C(NCc1ccn[nH]1)N1CCN(c2ncc(Br)c(OC)n2)CC1. The molecule has 2 aromatic rings. The van der Waals surface area contributed by atoms with E-state index in [1.165, 1.54) is 0 Å². The molecule has 3 rings (SSSR count). The average Bonchev–Trinajstić information content (AvgIpc) is 3.17. The molecule has 1 fully saturated rings. The van der Waals surface area contributed by atoms with Crippen molar-refractivity contribution in [3.8, 4) is 5.88 Å². The lowest BCUT2D eigenvalue weighted by Crippen LogP contribution is -2.52. The minimum Gasteiger partial charge on any atom is -0.480 e. The average molecular weight is 409 g/mol. The first-order valence-corrected chi connectivity index (χ1v) is 8.76. The number of anilines is 1. The van der Waals surface area contributed by atoms with Crippen LogP contribution in [0.1, 0.15) is 5.69 Å². The Hall–Kier alpha value is -2.36. The van der Waals surface area contributed by atoms with Crippen molar-refractivity contribution in [2.75, 3.05) is 45.2 Å². The Balaban J connectivity index is 1.57. The van der Waals surface area contributed by atoms with Crippen LogP contribution in [0.3, 0.4) is 0 Å². The number of piperazine rings is 1. The van der Waals surface area contributed by atoms with Gasteiger partial charge in [0.25, 0.3) is 0 Å². The minimum atomic E-state index is 0.546. The van der Waals surface area contributed by atoms with Crippen molar-refractivity contribution in [3.05, 3.63) is 28.6 Å². The number of H-pyrrole nitrogens is 1. The van der Waals surface area contributed by atoms with Gasteiger partial charge >= 0.3 is 0 Å². The zero-order valence-electron chi connectivity index (χ0n) is 14.2. The summed E-state index contributed by atoms with van der Waals surface area (Å²) in [5.74, 6) is 2.10. The number of halogens is 1. The first kappa shape index (κ1) is 17.5. The van der Waals surface area contributed by atoms with Crippen molar-refractivity contribution < 1.29 is 4.74 Å². The van der Waals surface area contributed by atoms with Crippen molar-refractivity contribution in [2.24, 2.45) is 4.99 Å². The second kappa shape index (κ2) is 8.15. The summed E-state index contributed by atoms with van der Waals surface area (Å²) < 4.78 is 6.00. The van der Waals surface area contributed by atoms with E-state index in [0.29, 0.717) is 18.4 Å². The third kappa shape index (κ3) is 4.19. The second-order valence-electron chi connectivity index (χ2n) is 5.48. The maximum atomic E-state index is 5.25. The molecule has 3 heterocycles. The standard InChI is InChI=1S/C15H21BrN8O/c1-17-14(18-9-11-3-4-20-22-11)23-5-7-24(8-6-23)15-19-10-12(16)13(21-15)25-2/h3-4,10H,5-9H2,1-2H3,(H,17,18)(H,20,22). The van der Waals surface area contributed by atoms with Gasteiger partial charge in [0.15, 0.2) is 5.96 Å². The molecule has 10 heteroatoms. The highest BCUT2D eigenvalue weighted by molar-refractivity contribution is 9.10. The third-order valence-electron chi connectivity index (χ3n) is 3.96. The first-order valence-electron chi connectivity index (χ1n) is 7.96. The molecule has 134 valence electrons. The number of methoxy groups -OCH3 is 1. The maximum Gasteiger partial charge on any atom is 0.232 e. The quantitative estimate of drug-likeness (QED) is 0.572. The van der Waals surface area contributed by atoms with Gasteiger partial charge in [-0.3, -0.25) is 10.1 Å². The minimum absolute atomic E-state index is 0.546. The van der Waals surface area contributed by atoms with E-state index in [0.717, 1.165) is 42.3 Å². The number of aliphatic imine (C=N–C) groups is 1. The molecule has 2 aromatic heterocycles. The molecule has 9 nitrogen and oxygen atoms in total. The van der Waals surface area contributed by atoms with Gasteiger partial charge in [0.1, 0.15) is 0 Å². The van der Waals surface area contributed by atoms with Gasteiger partial charge in [0, 0.05) is 39.4 Å². The lowest BCUT2D eigenvalue weighted by Gasteiger charge is -2.36. The predicted molar refractivity (Wildman–Crippen MR) is 98.9 cm³/mol. The fraction of sp³-hybridized carbons (Fsp3) is 0.467. The summed E-state index contributed by atoms with van der Waals surface area (Å²) in [6, 6.07) is 1.94. The van der Waals surface area contributed by atoms with E-state index < -0.39 is 0 Å². The number of guanidine groups is 1. The fourth-order valence-electron chi connectivity index (χ4n) is 2.65. The highest BCUT2D eigenvalue weighted by Gasteiger charge is 2.22. The van der Waals surface area contributed by atoms with Gasteiger partial charge in [0.05, 0.1) is 30.0 Å². The molecule has 0 unspecified atom stereocenters. The summed E-state index contributed by atoms with van der Waals surface area (Å²) in [4.78, 5) is 17.6. The zero-order valence-corrected chi connectivity index (χ0v) is 15.8.